The highest BCUT2D eigenvalue weighted by Gasteiger charge is 2.07. The summed E-state index contributed by atoms with van der Waals surface area (Å²) in [5, 5.41) is 6.34. The van der Waals surface area contributed by atoms with Gasteiger partial charge < -0.3 is 10.6 Å². The number of rotatable bonds is 8. The number of halogens is 1. The number of carbonyl (C=O) groups excluding carboxylic acids is 1. The zero-order valence-corrected chi connectivity index (χ0v) is 14.1. The standard InChI is InChI=1S/C18H21BrN2O/c19-17-10-5-4-9-16(17)18(22)21-13-6-12-20-14-11-15-7-2-1-3-8-15/h1-5,7-10,20H,6,11-14H2,(H,21,22). The van der Waals surface area contributed by atoms with Crippen molar-refractivity contribution in [1.29, 1.82) is 0 Å². The van der Waals surface area contributed by atoms with Crippen LogP contribution in [0.3, 0.4) is 0 Å². The van der Waals surface area contributed by atoms with E-state index in [9.17, 15) is 4.79 Å². The van der Waals surface area contributed by atoms with E-state index in [-0.39, 0.29) is 5.91 Å². The summed E-state index contributed by atoms with van der Waals surface area (Å²) in [5.41, 5.74) is 2.02. The summed E-state index contributed by atoms with van der Waals surface area (Å²) in [4.78, 5) is 12.0. The van der Waals surface area contributed by atoms with E-state index in [1.807, 2.05) is 30.3 Å². The van der Waals surface area contributed by atoms with Gasteiger partial charge in [-0.2, -0.15) is 0 Å². The average molecular weight is 361 g/mol. The zero-order chi connectivity index (χ0) is 15.6. The van der Waals surface area contributed by atoms with Crippen LogP contribution in [0.15, 0.2) is 59.1 Å². The van der Waals surface area contributed by atoms with Gasteiger partial charge >= 0.3 is 0 Å². The molecule has 3 nitrogen and oxygen atoms in total. The number of nitrogens with one attached hydrogen (secondary N) is 2. The zero-order valence-electron chi connectivity index (χ0n) is 12.5. The van der Waals surface area contributed by atoms with Crippen molar-refractivity contribution in [3.63, 3.8) is 0 Å². The largest absolute Gasteiger partial charge is 0.352 e. The van der Waals surface area contributed by atoms with E-state index in [4.69, 9.17) is 0 Å². The van der Waals surface area contributed by atoms with E-state index in [1.165, 1.54) is 5.56 Å². The van der Waals surface area contributed by atoms with Crippen LogP contribution in [0.2, 0.25) is 0 Å². The van der Waals surface area contributed by atoms with Crippen LogP contribution in [0.25, 0.3) is 0 Å². The lowest BCUT2D eigenvalue weighted by molar-refractivity contribution is 0.0952. The molecule has 0 saturated heterocycles. The highest BCUT2D eigenvalue weighted by atomic mass is 79.9. The van der Waals surface area contributed by atoms with Gasteiger partial charge in [-0.3, -0.25) is 4.79 Å². The molecule has 0 saturated carbocycles. The molecule has 4 heteroatoms. The Morgan fingerprint density at radius 1 is 0.909 bits per heavy atom. The number of hydrogen-bond acceptors (Lipinski definition) is 2. The minimum Gasteiger partial charge on any atom is -0.352 e. The molecule has 0 bridgehead atoms. The number of carbonyl (C=O) groups is 1. The van der Waals surface area contributed by atoms with Crippen LogP contribution in [0.1, 0.15) is 22.3 Å². The Balaban J connectivity index is 1.56. The molecule has 0 aliphatic heterocycles. The number of benzene rings is 2. The van der Waals surface area contributed by atoms with Gasteiger partial charge in [0.25, 0.3) is 5.91 Å². The first-order chi connectivity index (χ1) is 10.8. The van der Waals surface area contributed by atoms with Crippen LogP contribution in [0, 0.1) is 0 Å². The lowest BCUT2D eigenvalue weighted by Gasteiger charge is -2.08. The molecule has 0 aliphatic carbocycles. The first-order valence-corrected chi connectivity index (χ1v) is 8.34. The van der Waals surface area contributed by atoms with E-state index in [0.29, 0.717) is 12.1 Å². The molecule has 1 amide bonds. The van der Waals surface area contributed by atoms with Crippen molar-refractivity contribution in [2.45, 2.75) is 12.8 Å². The maximum atomic E-state index is 12.0. The Morgan fingerprint density at radius 3 is 2.41 bits per heavy atom. The molecule has 0 atom stereocenters. The fourth-order valence-electron chi connectivity index (χ4n) is 2.16. The fraction of sp³-hybridized carbons (Fsp3) is 0.278. The van der Waals surface area contributed by atoms with Crippen LogP contribution in [0.4, 0.5) is 0 Å². The molecular weight excluding hydrogens is 340 g/mol. The minimum atomic E-state index is -0.0308. The molecule has 2 N–H and O–H groups in total. The molecule has 22 heavy (non-hydrogen) atoms. The van der Waals surface area contributed by atoms with Crippen molar-refractivity contribution in [2.75, 3.05) is 19.6 Å². The van der Waals surface area contributed by atoms with Crippen molar-refractivity contribution < 1.29 is 4.79 Å². The highest BCUT2D eigenvalue weighted by molar-refractivity contribution is 9.10. The van der Waals surface area contributed by atoms with Crippen molar-refractivity contribution in [3.8, 4) is 0 Å². The predicted octanol–water partition coefficient (Wildman–Crippen LogP) is 3.40. The van der Waals surface area contributed by atoms with Crippen LogP contribution in [-0.2, 0) is 6.42 Å². The third-order valence-corrected chi connectivity index (χ3v) is 4.06. The fourth-order valence-corrected chi connectivity index (χ4v) is 2.62. The second-order valence-corrected chi connectivity index (χ2v) is 5.93. The first kappa shape index (κ1) is 16.7. The van der Waals surface area contributed by atoms with Crippen molar-refractivity contribution in [3.05, 3.63) is 70.2 Å². The summed E-state index contributed by atoms with van der Waals surface area (Å²) >= 11 is 3.39. The molecule has 116 valence electrons. The molecule has 0 unspecified atom stereocenters. The van der Waals surface area contributed by atoms with Gasteiger partial charge in [0.15, 0.2) is 0 Å². The van der Waals surface area contributed by atoms with Crippen LogP contribution >= 0.6 is 15.9 Å². The molecule has 0 fully saturated rings. The molecule has 0 aromatic heterocycles. The normalized spacial score (nSPS) is 10.4. The SMILES string of the molecule is O=C(NCCCNCCc1ccccc1)c1ccccc1Br. The van der Waals surface area contributed by atoms with Gasteiger partial charge in [0, 0.05) is 11.0 Å². The Labute approximate surface area is 140 Å². The summed E-state index contributed by atoms with van der Waals surface area (Å²) in [6.45, 7) is 2.55. The topological polar surface area (TPSA) is 41.1 Å². The first-order valence-electron chi connectivity index (χ1n) is 7.55. The smallest absolute Gasteiger partial charge is 0.252 e. The molecule has 0 spiro atoms. The molecule has 2 aromatic rings. The molecule has 2 aromatic carbocycles. The summed E-state index contributed by atoms with van der Waals surface area (Å²) < 4.78 is 0.827. The lowest BCUT2D eigenvalue weighted by Crippen LogP contribution is -2.28. The summed E-state index contributed by atoms with van der Waals surface area (Å²) in [5.74, 6) is -0.0308. The lowest BCUT2D eigenvalue weighted by atomic mass is 10.1. The van der Waals surface area contributed by atoms with E-state index in [1.54, 1.807) is 0 Å². The minimum absolute atomic E-state index is 0.0308. The van der Waals surface area contributed by atoms with E-state index in [2.05, 4.69) is 50.8 Å². The maximum absolute atomic E-state index is 12.0. The van der Waals surface area contributed by atoms with Crippen molar-refractivity contribution in [1.82, 2.24) is 10.6 Å². The quantitative estimate of drug-likeness (QED) is 0.708. The average Bonchev–Trinajstić information content (AvgIpc) is 2.55. The third kappa shape index (κ3) is 5.62. The van der Waals surface area contributed by atoms with Crippen LogP contribution in [-0.4, -0.2) is 25.5 Å². The van der Waals surface area contributed by atoms with E-state index < -0.39 is 0 Å². The number of hydrogen-bond donors (Lipinski definition) is 2. The molecule has 0 heterocycles. The third-order valence-electron chi connectivity index (χ3n) is 3.37. The van der Waals surface area contributed by atoms with E-state index in [0.717, 1.165) is 30.4 Å². The molecule has 0 radical (unpaired) electrons. The van der Waals surface area contributed by atoms with Gasteiger partial charge in [-0.05, 0) is 59.6 Å². The van der Waals surface area contributed by atoms with Gasteiger partial charge in [0.1, 0.15) is 0 Å². The molecule has 2 rings (SSSR count). The summed E-state index contributed by atoms with van der Waals surface area (Å²) in [6.07, 6.45) is 1.95. The summed E-state index contributed by atoms with van der Waals surface area (Å²) in [7, 11) is 0. The summed E-state index contributed by atoms with van der Waals surface area (Å²) in [6, 6.07) is 17.9. The van der Waals surface area contributed by atoms with Crippen LogP contribution in [0.5, 0.6) is 0 Å². The number of amides is 1. The Hall–Kier alpha value is -1.65. The Kier molecular flexibility index (Phi) is 7.13. The van der Waals surface area contributed by atoms with Gasteiger partial charge in [0.05, 0.1) is 5.56 Å². The van der Waals surface area contributed by atoms with E-state index >= 15 is 0 Å². The maximum Gasteiger partial charge on any atom is 0.252 e. The second kappa shape index (κ2) is 9.38. The highest BCUT2D eigenvalue weighted by Crippen LogP contribution is 2.15. The van der Waals surface area contributed by atoms with Crippen LogP contribution < -0.4 is 10.6 Å². The van der Waals surface area contributed by atoms with Gasteiger partial charge in [-0.25, -0.2) is 0 Å². The van der Waals surface area contributed by atoms with Crippen molar-refractivity contribution in [2.24, 2.45) is 0 Å². The van der Waals surface area contributed by atoms with Gasteiger partial charge in [0.2, 0.25) is 0 Å². The Bertz CT molecular complexity index is 587. The van der Waals surface area contributed by atoms with Gasteiger partial charge in [-0.15, -0.1) is 0 Å². The predicted molar refractivity (Wildman–Crippen MR) is 94.1 cm³/mol. The van der Waals surface area contributed by atoms with Gasteiger partial charge in [-0.1, -0.05) is 42.5 Å². The Morgan fingerprint density at radius 2 is 1.64 bits per heavy atom. The van der Waals surface area contributed by atoms with Crippen molar-refractivity contribution >= 4 is 21.8 Å². The monoisotopic (exact) mass is 360 g/mol. The second-order valence-electron chi connectivity index (χ2n) is 5.07. The molecular formula is C18H21BrN2O. The molecule has 0 aliphatic rings.